The maximum absolute atomic E-state index is 12.5. The van der Waals surface area contributed by atoms with Crippen LogP contribution in [0, 0.1) is 0 Å². The fraction of sp³-hybridized carbons (Fsp3) is 0.350. The van der Waals surface area contributed by atoms with Crippen LogP contribution in [0.15, 0.2) is 47.4 Å². The van der Waals surface area contributed by atoms with Crippen molar-refractivity contribution in [3.63, 3.8) is 0 Å². The number of carbonyl (C=O) groups excluding carboxylic acids is 1. The summed E-state index contributed by atoms with van der Waals surface area (Å²) in [5.41, 5.74) is 0.716. The Hall–Kier alpha value is -2.34. The Morgan fingerprint density at radius 1 is 1.00 bits per heavy atom. The summed E-state index contributed by atoms with van der Waals surface area (Å²) in [4.78, 5) is 13.4. The molecule has 0 unspecified atom stereocenters. The van der Waals surface area contributed by atoms with E-state index in [1.807, 2.05) is 63.2 Å². The molecule has 0 spiro atoms. The number of benzene rings is 2. The number of nitrogens with one attached hydrogen (secondary N) is 1. The summed E-state index contributed by atoms with van der Waals surface area (Å²) >= 11 is 1.46. The zero-order valence-corrected chi connectivity index (χ0v) is 16.6. The lowest BCUT2D eigenvalue weighted by Crippen LogP contribution is -2.22. The number of rotatable bonds is 8. The minimum Gasteiger partial charge on any atom is -0.493 e. The number of amides is 1. The smallest absolute Gasteiger partial charge is 0.237 e. The van der Waals surface area contributed by atoms with E-state index in [9.17, 15) is 4.79 Å². The largest absolute Gasteiger partial charge is 0.493 e. The lowest BCUT2D eigenvalue weighted by molar-refractivity contribution is -0.115. The third-order valence-corrected chi connectivity index (χ3v) is 4.60. The molecule has 0 radical (unpaired) electrons. The number of carbonyl (C=O) groups is 1. The molecular weight excluding hydrogens is 350 g/mol. The predicted octanol–water partition coefficient (Wildman–Crippen LogP) is 4.61. The second-order valence-corrected chi connectivity index (χ2v) is 7.37. The van der Waals surface area contributed by atoms with Crippen LogP contribution in [0.4, 0.5) is 5.69 Å². The topological polar surface area (TPSA) is 56.8 Å². The first-order valence-electron chi connectivity index (χ1n) is 8.39. The number of anilines is 1. The summed E-state index contributed by atoms with van der Waals surface area (Å²) in [6.45, 7) is 5.80. The van der Waals surface area contributed by atoms with E-state index in [2.05, 4.69) is 5.32 Å². The zero-order chi connectivity index (χ0) is 19.1. The van der Waals surface area contributed by atoms with Crippen molar-refractivity contribution >= 4 is 23.4 Å². The van der Waals surface area contributed by atoms with Gasteiger partial charge in [0, 0.05) is 16.6 Å². The predicted molar refractivity (Wildman–Crippen MR) is 106 cm³/mol. The van der Waals surface area contributed by atoms with Crippen LogP contribution in [-0.2, 0) is 4.79 Å². The molecule has 0 aromatic heterocycles. The van der Waals surface area contributed by atoms with Crippen molar-refractivity contribution in [2.24, 2.45) is 0 Å². The van der Waals surface area contributed by atoms with Gasteiger partial charge in [-0.05, 0) is 51.1 Å². The van der Waals surface area contributed by atoms with Gasteiger partial charge in [-0.3, -0.25) is 4.79 Å². The number of hydrogen-bond acceptors (Lipinski definition) is 5. The van der Waals surface area contributed by atoms with Gasteiger partial charge in [0.2, 0.25) is 5.91 Å². The molecule has 2 aromatic carbocycles. The lowest BCUT2D eigenvalue weighted by Gasteiger charge is -2.15. The van der Waals surface area contributed by atoms with E-state index in [1.54, 1.807) is 14.2 Å². The van der Waals surface area contributed by atoms with E-state index in [4.69, 9.17) is 14.2 Å². The molecule has 1 N–H and O–H groups in total. The molecule has 26 heavy (non-hydrogen) atoms. The van der Waals surface area contributed by atoms with Gasteiger partial charge in [-0.15, -0.1) is 11.8 Å². The van der Waals surface area contributed by atoms with Crippen LogP contribution in [0.1, 0.15) is 20.8 Å². The van der Waals surface area contributed by atoms with Crippen LogP contribution in [0.2, 0.25) is 0 Å². The fourth-order valence-corrected chi connectivity index (χ4v) is 3.21. The first-order chi connectivity index (χ1) is 12.4. The zero-order valence-electron chi connectivity index (χ0n) is 15.7. The van der Waals surface area contributed by atoms with Crippen LogP contribution < -0.4 is 19.5 Å². The summed E-state index contributed by atoms with van der Waals surface area (Å²) in [5, 5.41) is 2.66. The SMILES string of the molecule is COc1ccc(S[C@@H](C)C(=O)Nc2cccc(OC(C)C)c2)cc1OC. The number of hydrogen-bond donors (Lipinski definition) is 1. The average molecular weight is 375 g/mol. The summed E-state index contributed by atoms with van der Waals surface area (Å²) in [7, 11) is 3.19. The minimum atomic E-state index is -0.275. The maximum atomic E-state index is 12.5. The molecule has 1 atom stereocenters. The van der Waals surface area contributed by atoms with Crippen LogP contribution in [-0.4, -0.2) is 31.5 Å². The Bertz CT molecular complexity index is 748. The molecule has 0 bridgehead atoms. The quantitative estimate of drug-likeness (QED) is 0.683. The summed E-state index contributed by atoms with van der Waals surface area (Å²) in [6.07, 6.45) is 0.0838. The van der Waals surface area contributed by atoms with Crippen LogP contribution in [0.25, 0.3) is 0 Å². The highest BCUT2D eigenvalue weighted by Crippen LogP contribution is 2.33. The molecule has 2 aromatic rings. The van der Waals surface area contributed by atoms with Gasteiger partial charge in [0.15, 0.2) is 11.5 Å². The van der Waals surface area contributed by atoms with Crippen molar-refractivity contribution in [3.05, 3.63) is 42.5 Å². The number of methoxy groups -OCH3 is 2. The summed E-state index contributed by atoms with van der Waals surface area (Å²) < 4.78 is 16.2. The molecule has 0 fully saturated rings. The van der Waals surface area contributed by atoms with E-state index >= 15 is 0 Å². The van der Waals surface area contributed by atoms with E-state index in [-0.39, 0.29) is 17.3 Å². The van der Waals surface area contributed by atoms with E-state index in [1.165, 1.54) is 11.8 Å². The van der Waals surface area contributed by atoms with E-state index in [0.29, 0.717) is 17.2 Å². The molecule has 0 heterocycles. The fourth-order valence-electron chi connectivity index (χ4n) is 2.31. The van der Waals surface area contributed by atoms with Gasteiger partial charge >= 0.3 is 0 Å². The lowest BCUT2D eigenvalue weighted by atomic mass is 10.3. The number of ether oxygens (including phenoxy) is 3. The third kappa shape index (κ3) is 5.59. The summed E-state index contributed by atoms with van der Waals surface area (Å²) in [5.74, 6) is 1.96. The second-order valence-electron chi connectivity index (χ2n) is 5.96. The normalized spacial score (nSPS) is 11.8. The minimum absolute atomic E-state index is 0.0773. The first-order valence-corrected chi connectivity index (χ1v) is 9.27. The van der Waals surface area contributed by atoms with Crippen molar-refractivity contribution < 1.29 is 19.0 Å². The van der Waals surface area contributed by atoms with E-state index < -0.39 is 0 Å². The van der Waals surface area contributed by atoms with Crippen molar-refractivity contribution in [3.8, 4) is 17.2 Å². The Morgan fingerprint density at radius 2 is 1.73 bits per heavy atom. The Morgan fingerprint density at radius 3 is 2.38 bits per heavy atom. The molecule has 0 saturated carbocycles. The Kier molecular flexibility index (Phi) is 7.21. The molecule has 5 nitrogen and oxygen atoms in total. The van der Waals surface area contributed by atoms with Crippen molar-refractivity contribution in [2.45, 2.75) is 37.0 Å². The second kappa shape index (κ2) is 9.38. The van der Waals surface area contributed by atoms with Crippen LogP contribution in [0.5, 0.6) is 17.2 Å². The standard InChI is InChI=1S/C20H25NO4S/c1-13(2)25-16-8-6-7-15(11-16)21-20(22)14(3)26-17-9-10-18(23-4)19(12-17)24-5/h6-14H,1-5H3,(H,21,22)/t14-/m0/s1. The average Bonchev–Trinajstić information content (AvgIpc) is 2.61. The van der Waals surface area contributed by atoms with Gasteiger partial charge in [-0.25, -0.2) is 0 Å². The van der Waals surface area contributed by atoms with Gasteiger partial charge in [-0.2, -0.15) is 0 Å². The molecule has 0 aliphatic heterocycles. The van der Waals surface area contributed by atoms with Crippen molar-refractivity contribution in [1.29, 1.82) is 0 Å². The van der Waals surface area contributed by atoms with E-state index in [0.717, 1.165) is 10.6 Å². The first kappa shape index (κ1) is 20.0. The van der Waals surface area contributed by atoms with Gasteiger partial charge in [0.25, 0.3) is 0 Å². The summed E-state index contributed by atoms with van der Waals surface area (Å²) in [6, 6.07) is 13.0. The van der Waals surface area contributed by atoms with Crippen molar-refractivity contribution in [2.75, 3.05) is 19.5 Å². The molecule has 2 rings (SSSR count). The highest BCUT2D eigenvalue weighted by Gasteiger charge is 2.16. The van der Waals surface area contributed by atoms with Gasteiger partial charge < -0.3 is 19.5 Å². The molecular formula is C20H25NO4S. The third-order valence-electron chi connectivity index (χ3n) is 3.51. The van der Waals surface area contributed by atoms with Crippen LogP contribution in [0.3, 0.4) is 0 Å². The molecule has 1 amide bonds. The van der Waals surface area contributed by atoms with Crippen LogP contribution >= 0.6 is 11.8 Å². The molecule has 6 heteroatoms. The van der Waals surface area contributed by atoms with Gasteiger partial charge in [0.1, 0.15) is 5.75 Å². The Balaban J connectivity index is 2.01. The number of thioether (sulfide) groups is 1. The van der Waals surface area contributed by atoms with Gasteiger partial charge in [-0.1, -0.05) is 6.07 Å². The highest BCUT2D eigenvalue weighted by molar-refractivity contribution is 8.00. The molecule has 0 saturated heterocycles. The Labute approximate surface area is 159 Å². The maximum Gasteiger partial charge on any atom is 0.237 e. The van der Waals surface area contributed by atoms with Crippen molar-refractivity contribution in [1.82, 2.24) is 0 Å². The highest BCUT2D eigenvalue weighted by atomic mass is 32.2. The monoisotopic (exact) mass is 375 g/mol. The molecule has 140 valence electrons. The molecule has 0 aliphatic carbocycles. The molecule has 0 aliphatic rings. The van der Waals surface area contributed by atoms with Gasteiger partial charge in [0.05, 0.1) is 25.6 Å².